The summed E-state index contributed by atoms with van der Waals surface area (Å²) in [5.41, 5.74) is -0.0638. The highest BCUT2D eigenvalue weighted by molar-refractivity contribution is 5.96. The summed E-state index contributed by atoms with van der Waals surface area (Å²) >= 11 is 0. The van der Waals surface area contributed by atoms with Crippen molar-refractivity contribution in [3.8, 4) is 0 Å². The molecule has 0 saturated heterocycles. The van der Waals surface area contributed by atoms with Gasteiger partial charge >= 0.3 is 12.1 Å². The van der Waals surface area contributed by atoms with Gasteiger partial charge in [0.15, 0.2) is 0 Å². The van der Waals surface area contributed by atoms with Gasteiger partial charge in [-0.15, -0.1) is 0 Å². The second-order valence-electron chi connectivity index (χ2n) is 3.65. The van der Waals surface area contributed by atoms with Gasteiger partial charge in [0.25, 0.3) is 5.56 Å². The minimum atomic E-state index is -1.27. The van der Waals surface area contributed by atoms with Crippen molar-refractivity contribution in [2.45, 2.75) is 0 Å². The molecule has 0 aliphatic rings. The Bertz CT molecular complexity index is 710. The highest BCUT2D eigenvalue weighted by atomic mass is 16.5. The number of benzene rings is 1. The van der Waals surface area contributed by atoms with Crippen molar-refractivity contribution in [1.29, 1.82) is 0 Å². The van der Waals surface area contributed by atoms with E-state index in [1.165, 1.54) is 32.4 Å². The van der Waals surface area contributed by atoms with E-state index in [0.717, 1.165) is 9.36 Å². The van der Waals surface area contributed by atoms with E-state index >= 15 is 0 Å². The minimum absolute atomic E-state index is 0.155. The molecule has 0 aliphatic heterocycles. The summed E-state index contributed by atoms with van der Waals surface area (Å²) in [4.78, 5) is 34.2. The summed E-state index contributed by atoms with van der Waals surface area (Å²) in [6, 6.07) is 4.13. The van der Waals surface area contributed by atoms with Crippen molar-refractivity contribution in [3.63, 3.8) is 0 Å². The summed E-state index contributed by atoms with van der Waals surface area (Å²) in [6.45, 7) is 0. The van der Waals surface area contributed by atoms with Crippen LogP contribution in [0.25, 0.3) is 10.9 Å². The zero-order valence-electron chi connectivity index (χ0n) is 9.71. The van der Waals surface area contributed by atoms with E-state index in [9.17, 15) is 14.4 Å². The lowest BCUT2D eigenvalue weighted by atomic mass is 10.1. The lowest BCUT2D eigenvalue weighted by Crippen LogP contribution is -2.23. The Balaban J connectivity index is 2.81. The van der Waals surface area contributed by atoms with Gasteiger partial charge in [-0.1, -0.05) is 0 Å². The molecule has 1 N–H and O–H groups in total. The monoisotopic (exact) mass is 250 g/mol. The molecule has 0 bridgehead atoms. The van der Waals surface area contributed by atoms with Gasteiger partial charge in [0.2, 0.25) is 0 Å². The molecular weight excluding hydrogens is 240 g/mol. The molecule has 7 nitrogen and oxygen atoms in total. The third-order valence-electron chi connectivity index (χ3n) is 2.65. The van der Waals surface area contributed by atoms with Crippen molar-refractivity contribution in [2.24, 2.45) is 7.05 Å². The van der Waals surface area contributed by atoms with E-state index in [0.29, 0.717) is 0 Å². The van der Waals surface area contributed by atoms with Gasteiger partial charge < -0.3 is 9.84 Å². The third-order valence-corrected chi connectivity index (χ3v) is 2.65. The fourth-order valence-electron chi connectivity index (χ4n) is 1.79. The average molecular weight is 250 g/mol. The molecule has 0 fully saturated rings. The van der Waals surface area contributed by atoms with Crippen molar-refractivity contribution < 1.29 is 19.4 Å². The number of rotatable bonds is 1. The number of hydrogen-bond acceptors (Lipinski definition) is 4. The van der Waals surface area contributed by atoms with Crippen LogP contribution in [0.1, 0.15) is 10.4 Å². The summed E-state index contributed by atoms with van der Waals surface area (Å²) in [5.74, 6) is -0.581. The number of carbonyl (C=O) groups is 2. The zero-order valence-corrected chi connectivity index (χ0v) is 9.71. The first-order valence-corrected chi connectivity index (χ1v) is 5.00. The second kappa shape index (κ2) is 4.02. The van der Waals surface area contributed by atoms with Crippen LogP contribution in [-0.4, -0.2) is 33.6 Å². The molecule has 0 aliphatic carbocycles. The van der Waals surface area contributed by atoms with Gasteiger partial charge in [-0.05, 0) is 18.2 Å². The largest absolute Gasteiger partial charge is 0.465 e. The maximum atomic E-state index is 11.8. The van der Waals surface area contributed by atoms with Gasteiger partial charge in [0.1, 0.15) is 0 Å². The van der Waals surface area contributed by atoms with Gasteiger partial charge in [-0.25, -0.2) is 14.3 Å². The molecule has 0 spiro atoms. The molecular formula is C11H10N2O5. The van der Waals surface area contributed by atoms with Crippen LogP contribution in [-0.2, 0) is 11.8 Å². The molecule has 1 aromatic heterocycles. The first-order chi connectivity index (χ1) is 8.47. The van der Waals surface area contributed by atoms with E-state index in [1.807, 2.05) is 0 Å². The summed E-state index contributed by atoms with van der Waals surface area (Å²) in [5, 5.41) is 9.17. The van der Waals surface area contributed by atoms with Gasteiger partial charge in [-0.2, -0.15) is 4.68 Å². The number of carbonyl (C=O) groups excluding carboxylic acids is 1. The maximum absolute atomic E-state index is 11.8. The normalized spacial score (nSPS) is 10.6. The van der Waals surface area contributed by atoms with Crippen LogP contribution in [0.2, 0.25) is 0 Å². The van der Waals surface area contributed by atoms with Crippen LogP contribution < -0.4 is 5.56 Å². The highest BCUT2D eigenvalue weighted by Crippen LogP contribution is 2.14. The zero-order chi connectivity index (χ0) is 13.4. The third kappa shape index (κ3) is 1.56. The van der Waals surface area contributed by atoms with Crippen molar-refractivity contribution in [3.05, 3.63) is 34.1 Å². The Morgan fingerprint density at radius 2 is 2.00 bits per heavy atom. The fraction of sp³-hybridized carbons (Fsp3) is 0.182. The molecule has 0 amide bonds. The molecule has 2 rings (SSSR count). The van der Waals surface area contributed by atoms with Gasteiger partial charge in [0.05, 0.1) is 23.6 Å². The SMILES string of the molecule is COC(=O)c1ccc2c(c1)c(=O)n(C)n2C(=O)O. The number of hydrogen-bond donors (Lipinski definition) is 1. The van der Waals surface area contributed by atoms with Crippen LogP contribution in [0.3, 0.4) is 0 Å². The van der Waals surface area contributed by atoms with Crippen LogP contribution in [0.5, 0.6) is 0 Å². The van der Waals surface area contributed by atoms with Gasteiger partial charge in [-0.3, -0.25) is 4.79 Å². The number of nitrogens with zero attached hydrogens (tertiary/aromatic N) is 2. The molecule has 1 heterocycles. The maximum Gasteiger partial charge on any atom is 0.431 e. The molecule has 0 atom stereocenters. The number of carboxylic acid groups (broad SMARTS) is 1. The Morgan fingerprint density at radius 1 is 1.33 bits per heavy atom. The number of aromatic nitrogens is 2. The van der Waals surface area contributed by atoms with Crippen molar-refractivity contribution in [2.75, 3.05) is 7.11 Å². The molecule has 1 aromatic carbocycles. The quantitative estimate of drug-likeness (QED) is 0.750. The Morgan fingerprint density at radius 3 is 2.56 bits per heavy atom. The average Bonchev–Trinajstić information content (AvgIpc) is 2.60. The molecule has 0 saturated carbocycles. The number of ether oxygens (including phenoxy) is 1. The Kier molecular flexibility index (Phi) is 2.66. The Hall–Kier alpha value is -2.57. The second-order valence-corrected chi connectivity index (χ2v) is 3.65. The van der Waals surface area contributed by atoms with Crippen molar-refractivity contribution >= 4 is 23.0 Å². The topological polar surface area (TPSA) is 90.5 Å². The molecule has 0 unspecified atom stereocenters. The first kappa shape index (κ1) is 11.9. The number of methoxy groups -OCH3 is 1. The Labute approximate surface area is 101 Å². The number of fused-ring (bicyclic) bond motifs is 1. The predicted octanol–water partition coefficient (Wildman–Crippen LogP) is 0.653. The van der Waals surface area contributed by atoms with E-state index in [2.05, 4.69) is 4.74 Å². The lowest BCUT2D eigenvalue weighted by Gasteiger charge is -2.01. The number of esters is 1. The van der Waals surface area contributed by atoms with Crippen LogP contribution in [0.15, 0.2) is 23.0 Å². The van der Waals surface area contributed by atoms with Gasteiger partial charge in [0, 0.05) is 7.05 Å². The lowest BCUT2D eigenvalue weighted by molar-refractivity contribution is 0.0601. The summed E-state index contributed by atoms with van der Waals surface area (Å²) < 4.78 is 6.32. The van der Waals surface area contributed by atoms with Crippen LogP contribution >= 0.6 is 0 Å². The van der Waals surface area contributed by atoms with Crippen LogP contribution in [0, 0.1) is 0 Å². The first-order valence-electron chi connectivity index (χ1n) is 5.00. The molecule has 94 valence electrons. The smallest absolute Gasteiger partial charge is 0.431 e. The van der Waals surface area contributed by atoms with Crippen molar-refractivity contribution in [1.82, 2.24) is 9.36 Å². The molecule has 7 heteroatoms. The molecule has 2 aromatic rings. The molecule has 0 radical (unpaired) electrons. The van der Waals surface area contributed by atoms with E-state index in [1.54, 1.807) is 0 Å². The highest BCUT2D eigenvalue weighted by Gasteiger charge is 2.17. The van der Waals surface area contributed by atoms with E-state index < -0.39 is 17.6 Å². The van der Waals surface area contributed by atoms with E-state index in [4.69, 9.17) is 5.11 Å². The van der Waals surface area contributed by atoms with E-state index in [-0.39, 0.29) is 16.5 Å². The summed E-state index contributed by atoms with van der Waals surface area (Å²) in [6.07, 6.45) is -1.27. The van der Waals surface area contributed by atoms with Crippen LogP contribution in [0.4, 0.5) is 4.79 Å². The fourth-order valence-corrected chi connectivity index (χ4v) is 1.79. The standard InChI is InChI=1S/C11H10N2O5/c1-12-9(14)7-5-6(10(15)18-2)3-4-8(7)13(12)11(16)17/h3-5H,1-2H3,(H,16,17). The summed E-state index contributed by atoms with van der Waals surface area (Å²) in [7, 11) is 2.57. The molecule has 18 heavy (non-hydrogen) atoms. The predicted molar refractivity (Wildman–Crippen MR) is 61.9 cm³/mol. The minimum Gasteiger partial charge on any atom is -0.465 e.